The van der Waals surface area contributed by atoms with Crippen LogP contribution in [0.5, 0.6) is 0 Å². The van der Waals surface area contributed by atoms with E-state index in [4.69, 9.17) is 4.52 Å². The van der Waals surface area contributed by atoms with Crippen molar-refractivity contribution in [1.82, 2.24) is 5.16 Å². The van der Waals surface area contributed by atoms with Gasteiger partial charge >= 0.3 is 0 Å². The van der Waals surface area contributed by atoms with E-state index in [1.165, 1.54) is 11.6 Å². The largest absolute Gasteiger partial charge is 0.356 e. The Bertz CT molecular complexity index is 972. The maximum atomic E-state index is 14.0. The van der Waals surface area contributed by atoms with Crippen molar-refractivity contribution >= 4 is 11.6 Å². The Morgan fingerprint density at radius 3 is 2.48 bits per heavy atom. The first-order valence-electron chi connectivity index (χ1n) is 9.13. The third kappa shape index (κ3) is 3.25. The fourth-order valence-corrected chi connectivity index (χ4v) is 3.22. The number of nitrogens with zero attached hydrogens (tertiary/aromatic N) is 1. The third-order valence-corrected chi connectivity index (χ3v) is 5.16. The molecule has 0 aliphatic heterocycles. The number of carbonyl (C=O) groups is 1. The van der Waals surface area contributed by atoms with Gasteiger partial charge in [0.15, 0.2) is 5.76 Å². The second-order valence-corrected chi connectivity index (χ2v) is 7.37. The molecule has 1 aromatic heterocycles. The average molecular weight is 364 g/mol. The van der Waals surface area contributed by atoms with Crippen molar-refractivity contribution in [3.8, 4) is 11.3 Å². The monoisotopic (exact) mass is 364 g/mol. The molecule has 1 fully saturated rings. The summed E-state index contributed by atoms with van der Waals surface area (Å²) in [6, 6.07) is 15.9. The number of carbonyl (C=O) groups excluding carboxylic acids is 1. The zero-order valence-electron chi connectivity index (χ0n) is 15.3. The number of nitrogens with one attached hydrogen (secondary N) is 1. The fourth-order valence-electron chi connectivity index (χ4n) is 3.22. The van der Waals surface area contributed by atoms with Gasteiger partial charge in [0.2, 0.25) is 5.91 Å². The topological polar surface area (TPSA) is 55.1 Å². The Balaban J connectivity index is 1.54. The van der Waals surface area contributed by atoms with Crippen LogP contribution < -0.4 is 5.32 Å². The summed E-state index contributed by atoms with van der Waals surface area (Å²) >= 11 is 0. The molecule has 1 aliphatic carbocycles. The van der Waals surface area contributed by atoms with Crippen LogP contribution in [0.15, 0.2) is 59.1 Å². The lowest BCUT2D eigenvalue weighted by molar-refractivity contribution is -0.118. The number of halogens is 1. The van der Waals surface area contributed by atoms with Crippen molar-refractivity contribution in [2.45, 2.75) is 38.0 Å². The van der Waals surface area contributed by atoms with Gasteiger partial charge in [-0.15, -0.1) is 0 Å². The predicted molar refractivity (Wildman–Crippen MR) is 102 cm³/mol. The molecule has 1 amide bonds. The molecule has 1 aliphatic rings. The van der Waals surface area contributed by atoms with Crippen molar-refractivity contribution < 1.29 is 13.7 Å². The highest BCUT2D eigenvalue weighted by atomic mass is 19.1. The number of rotatable bonds is 5. The second-order valence-electron chi connectivity index (χ2n) is 7.37. The van der Waals surface area contributed by atoms with Crippen LogP contribution in [0.1, 0.15) is 43.9 Å². The van der Waals surface area contributed by atoms with Crippen LogP contribution in [-0.4, -0.2) is 11.1 Å². The first-order valence-corrected chi connectivity index (χ1v) is 9.13. The number of anilines is 1. The number of amides is 1. The molecule has 27 heavy (non-hydrogen) atoms. The Hall–Kier alpha value is -2.95. The Kier molecular flexibility index (Phi) is 4.30. The SMILES string of the molecule is CC(C)c1ccc(NC(=O)C2(c3cc(-c4ccccc4F)on3)CC2)cc1. The molecule has 2 aromatic carbocycles. The van der Waals surface area contributed by atoms with Crippen molar-refractivity contribution in [3.05, 3.63) is 71.7 Å². The van der Waals surface area contributed by atoms with E-state index in [9.17, 15) is 9.18 Å². The molecule has 138 valence electrons. The molecule has 4 nitrogen and oxygen atoms in total. The van der Waals surface area contributed by atoms with Crippen LogP contribution in [0.25, 0.3) is 11.3 Å². The van der Waals surface area contributed by atoms with Crippen LogP contribution in [0.2, 0.25) is 0 Å². The number of hydrogen-bond donors (Lipinski definition) is 1. The van der Waals surface area contributed by atoms with Crippen molar-refractivity contribution in [3.63, 3.8) is 0 Å². The molecule has 0 bridgehead atoms. The summed E-state index contributed by atoms with van der Waals surface area (Å²) in [6.45, 7) is 4.26. The van der Waals surface area contributed by atoms with Gasteiger partial charge < -0.3 is 9.84 Å². The highest BCUT2D eigenvalue weighted by molar-refractivity contribution is 6.01. The van der Waals surface area contributed by atoms with Gasteiger partial charge in [-0.25, -0.2) is 4.39 Å². The molecule has 1 saturated carbocycles. The molecule has 0 saturated heterocycles. The van der Waals surface area contributed by atoms with Gasteiger partial charge in [-0.3, -0.25) is 4.79 Å². The lowest BCUT2D eigenvalue weighted by Gasteiger charge is -2.13. The van der Waals surface area contributed by atoms with Crippen molar-refractivity contribution in [1.29, 1.82) is 0 Å². The Labute approximate surface area is 157 Å². The molecule has 0 spiro atoms. The number of hydrogen-bond acceptors (Lipinski definition) is 3. The second kappa shape index (κ2) is 6.65. The molecule has 0 radical (unpaired) electrons. The lowest BCUT2D eigenvalue weighted by atomic mass is 9.99. The summed E-state index contributed by atoms with van der Waals surface area (Å²) in [5.74, 6) is 0.299. The van der Waals surface area contributed by atoms with Gasteiger partial charge in [0.25, 0.3) is 0 Å². The Morgan fingerprint density at radius 1 is 1.15 bits per heavy atom. The molecule has 5 heteroatoms. The van der Waals surface area contributed by atoms with Gasteiger partial charge in [-0.05, 0) is 48.6 Å². The smallest absolute Gasteiger partial charge is 0.236 e. The van der Waals surface area contributed by atoms with Crippen LogP contribution in [0.4, 0.5) is 10.1 Å². The van der Waals surface area contributed by atoms with E-state index >= 15 is 0 Å². The van der Waals surface area contributed by atoms with Gasteiger partial charge in [0.1, 0.15) is 5.82 Å². The van der Waals surface area contributed by atoms with E-state index < -0.39 is 5.41 Å². The molecular weight excluding hydrogens is 343 g/mol. The predicted octanol–water partition coefficient (Wildman–Crippen LogP) is 5.27. The van der Waals surface area contributed by atoms with Gasteiger partial charge in [0.05, 0.1) is 16.7 Å². The van der Waals surface area contributed by atoms with E-state index in [0.29, 0.717) is 35.8 Å². The van der Waals surface area contributed by atoms with Crippen molar-refractivity contribution in [2.24, 2.45) is 0 Å². The Morgan fingerprint density at radius 2 is 1.85 bits per heavy atom. The summed E-state index contributed by atoms with van der Waals surface area (Å²) in [5, 5.41) is 7.04. The minimum Gasteiger partial charge on any atom is -0.356 e. The fraction of sp³-hybridized carbons (Fsp3) is 0.273. The zero-order valence-corrected chi connectivity index (χ0v) is 15.3. The molecule has 1 heterocycles. The minimum absolute atomic E-state index is 0.104. The van der Waals surface area contributed by atoms with Crippen LogP contribution in [-0.2, 0) is 10.2 Å². The first kappa shape index (κ1) is 17.5. The standard InChI is InChI=1S/C22H21FN2O2/c1-14(2)15-7-9-16(10-8-15)24-21(26)22(11-12-22)20-13-19(27-25-20)17-5-3-4-6-18(17)23/h3-10,13-14H,11-12H2,1-2H3,(H,24,26). The zero-order chi connectivity index (χ0) is 19.0. The summed E-state index contributed by atoms with van der Waals surface area (Å²) in [6.07, 6.45) is 1.40. The summed E-state index contributed by atoms with van der Waals surface area (Å²) in [7, 11) is 0. The van der Waals surface area contributed by atoms with E-state index in [2.05, 4.69) is 24.3 Å². The van der Waals surface area contributed by atoms with Crippen LogP contribution >= 0.6 is 0 Å². The lowest BCUT2D eigenvalue weighted by Crippen LogP contribution is -2.28. The van der Waals surface area contributed by atoms with E-state index in [0.717, 1.165) is 5.69 Å². The first-order chi connectivity index (χ1) is 13.0. The van der Waals surface area contributed by atoms with Crippen molar-refractivity contribution in [2.75, 3.05) is 5.32 Å². The average Bonchev–Trinajstić information content (AvgIpc) is 3.33. The molecule has 3 aromatic rings. The van der Waals surface area contributed by atoms with Gasteiger partial charge in [-0.1, -0.05) is 43.3 Å². The molecular formula is C22H21FN2O2. The van der Waals surface area contributed by atoms with Gasteiger partial charge in [0, 0.05) is 11.8 Å². The summed E-state index contributed by atoms with van der Waals surface area (Å²) in [4.78, 5) is 12.9. The number of aromatic nitrogens is 1. The number of benzene rings is 2. The summed E-state index contributed by atoms with van der Waals surface area (Å²) in [5.41, 5.74) is 2.19. The summed E-state index contributed by atoms with van der Waals surface area (Å²) < 4.78 is 19.3. The van der Waals surface area contributed by atoms with E-state index in [1.54, 1.807) is 24.3 Å². The quantitative estimate of drug-likeness (QED) is 0.670. The maximum absolute atomic E-state index is 14.0. The third-order valence-electron chi connectivity index (χ3n) is 5.16. The highest BCUT2D eigenvalue weighted by Crippen LogP contribution is 2.49. The van der Waals surface area contributed by atoms with Crippen LogP contribution in [0, 0.1) is 5.82 Å². The van der Waals surface area contributed by atoms with Gasteiger partial charge in [-0.2, -0.15) is 0 Å². The molecule has 4 rings (SSSR count). The highest BCUT2D eigenvalue weighted by Gasteiger charge is 2.53. The van der Waals surface area contributed by atoms with E-state index in [-0.39, 0.29) is 11.7 Å². The minimum atomic E-state index is -0.691. The maximum Gasteiger partial charge on any atom is 0.236 e. The molecule has 1 N–H and O–H groups in total. The molecule has 0 unspecified atom stereocenters. The van der Waals surface area contributed by atoms with Crippen LogP contribution in [0.3, 0.4) is 0 Å². The molecule has 0 atom stereocenters. The van der Waals surface area contributed by atoms with E-state index in [1.807, 2.05) is 24.3 Å². The normalized spacial score (nSPS) is 15.0.